The van der Waals surface area contributed by atoms with Crippen LogP contribution in [-0.2, 0) is 0 Å². The van der Waals surface area contributed by atoms with Gasteiger partial charge >= 0.3 is 0 Å². The number of nitrogens with two attached hydrogens (primary N) is 1. The minimum Gasteiger partial charge on any atom is -0.399 e. The summed E-state index contributed by atoms with van der Waals surface area (Å²) >= 11 is 0. The maximum atomic E-state index is 5.75. The predicted octanol–water partition coefficient (Wildman–Crippen LogP) is 2.79. The van der Waals surface area contributed by atoms with Crippen molar-refractivity contribution in [2.75, 3.05) is 39.0 Å². The molecule has 0 aliphatic carbocycles. The lowest BCUT2D eigenvalue weighted by molar-refractivity contribution is 0.197. The average molecular weight is 275 g/mol. The van der Waals surface area contributed by atoms with Crippen LogP contribution < -0.4 is 5.73 Å². The second-order valence-electron chi connectivity index (χ2n) is 6.36. The van der Waals surface area contributed by atoms with Gasteiger partial charge in [0.25, 0.3) is 0 Å². The summed E-state index contributed by atoms with van der Waals surface area (Å²) in [5.74, 6) is 0.601. The summed E-state index contributed by atoms with van der Waals surface area (Å²) in [5, 5.41) is 0. The van der Waals surface area contributed by atoms with Gasteiger partial charge in [-0.3, -0.25) is 4.90 Å². The Balaban J connectivity index is 1.86. The number of hydrogen-bond donors (Lipinski definition) is 1. The molecular weight excluding hydrogens is 246 g/mol. The van der Waals surface area contributed by atoms with E-state index in [0.717, 1.165) is 5.69 Å². The maximum Gasteiger partial charge on any atom is 0.0314 e. The minimum absolute atomic E-state index is 0.601. The fourth-order valence-electron chi connectivity index (χ4n) is 3.10. The highest BCUT2D eigenvalue weighted by atomic mass is 15.2. The largest absolute Gasteiger partial charge is 0.399 e. The Morgan fingerprint density at radius 2 is 1.95 bits per heavy atom. The van der Waals surface area contributed by atoms with Gasteiger partial charge in [0.1, 0.15) is 0 Å². The molecule has 0 aromatic heterocycles. The maximum absolute atomic E-state index is 5.75. The number of benzene rings is 1. The molecule has 2 unspecified atom stereocenters. The minimum atomic E-state index is 0.601. The highest BCUT2D eigenvalue weighted by Gasteiger charge is 2.19. The van der Waals surface area contributed by atoms with E-state index in [9.17, 15) is 0 Å². The van der Waals surface area contributed by atoms with E-state index in [-0.39, 0.29) is 0 Å². The normalized spacial score (nSPS) is 23.4. The second-order valence-corrected chi connectivity index (χ2v) is 6.36. The number of hydrogen-bond acceptors (Lipinski definition) is 3. The summed E-state index contributed by atoms with van der Waals surface area (Å²) in [5.41, 5.74) is 8.01. The Morgan fingerprint density at radius 1 is 1.25 bits per heavy atom. The number of likely N-dealkylation sites (N-methyl/N-ethyl adjacent to an activating group) is 1. The van der Waals surface area contributed by atoms with Crippen molar-refractivity contribution >= 4 is 5.69 Å². The highest BCUT2D eigenvalue weighted by Crippen LogP contribution is 2.21. The quantitative estimate of drug-likeness (QED) is 0.858. The number of nitrogens with zero attached hydrogens (tertiary/aromatic N) is 2. The zero-order valence-corrected chi connectivity index (χ0v) is 13.2. The second kappa shape index (κ2) is 7.09. The standard InChI is InChI=1S/C17H29N3/c1-14(16-5-7-17(18)8-6-16)9-12-20-11-4-10-19(3)13-15(20)2/h5-8,14-15H,4,9-13,18H2,1-3H3. The van der Waals surface area contributed by atoms with Gasteiger partial charge in [-0.05, 0) is 70.1 Å². The van der Waals surface area contributed by atoms with E-state index in [1.807, 2.05) is 12.1 Å². The smallest absolute Gasteiger partial charge is 0.0314 e. The fraction of sp³-hybridized carbons (Fsp3) is 0.647. The molecule has 0 radical (unpaired) electrons. The lowest BCUT2D eigenvalue weighted by Crippen LogP contribution is -2.38. The van der Waals surface area contributed by atoms with Crippen LogP contribution in [0, 0.1) is 0 Å². The van der Waals surface area contributed by atoms with Crippen LogP contribution in [0.3, 0.4) is 0 Å². The Labute approximate surface area is 123 Å². The average Bonchev–Trinajstić information content (AvgIpc) is 2.57. The zero-order chi connectivity index (χ0) is 14.5. The van der Waals surface area contributed by atoms with Gasteiger partial charge in [0, 0.05) is 18.3 Å². The van der Waals surface area contributed by atoms with Crippen LogP contribution in [0.15, 0.2) is 24.3 Å². The third-order valence-corrected chi connectivity index (χ3v) is 4.54. The van der Waals surface area contributed by atoms with Crippen LogP contribution in [0.1, 0.15) is 38.2 Å². The summed E-state index contributed by atoms with van der Waals surface area (Å²) < 4.78 is 0. The first kappa shape index (κ1) is 15.3. The molecule has 0 spiro atoms. The van der Waals surface area contributed by atoms with Crippen LogP contribution in [0.2, 0.25) is 0 Å². The molecule has 3 heteroatoms. The Bertz CT molecular complexity index is 401. The van der Waals surface area contributed by atoms with E-state index in [1.54, 1.807) is 0 Å². The number of nitrogen functional groups attached to an aromatic ring is 1. The molecule has 3 nitrogen and oxygen atoms in total. The Kier molecular flexibility index (Phi) is 5.44. The van der Waals surface area contributed by atoms with Gasteiger partial charge in [-0.15, -0.1) is 0 Å². The molecule has 1 saturated heterocycles. The SMILES string of the molecule is CC(CCN1CCCN(C)CC1C)c1ccc(N)cc1. The summed E-state index contributed by atoms with van der Waals surface area (Å²) in [7, 11) is 2.23. The van der Waals surface area contributed by atoms with Crippen LogP contribution in [0.4, 0.5) is 5.69 Å². The zero-order valence-electron chi connectivity index (χ0n) is 13.2. The number of rotatable bonds is 4. The van der Waals surface area contributed by atoms with Gasteiger partial charge in [0.2, 0.25) is 0 Å². The Morgan fingerprint density at radius 3 is 2.65 bits per heavy atom. The van der Waals surface area contributed by atoms with E-state index in [0.29, 0.717) is 12.0 Å². The van der Waals surface area contributed by atoms with Crippen molar-refractivity contribution < 1.29 is 0 Å². The van der Waals surface area contributed by atoms with Crippen molar-refractivity contribution in [2.24, 2.45) is 0 Å². The van der Waals surface area contributed by atoms with Crippen LogP contribution in [0.25, 0.3) is 0 Å². The molecule has 1 fully saturated rings. The van der Waals surface area contributed by atoms with E-state index in [1.165, 1.54) is 44.6 Å². The predicted molar refractivity (Wildman–Crippen MR) is 87.0 cm³/mol. The van der Waals surface area contributed by atoms with Crippen molar-refractivity contribution in [1.82, 2.24) is 9.80 Å². The fourth-order valence-corrected chi connectivity index (χ4v) is 3.10. The van der Waals surface area contributed by atoms with Crippen LogP contribution in [-0.4, -0.2) is 49.1 Å². The summed E-state index contributed by atoms with van der Waals surface area (Å²) in [6, 6.07) is 9.02. The van der Waals surface area contributed by atoms with Gasteiger partial charge in [0.15, 0.2) is 0 Å². The van der Waals surface area contributed by atoms with Gasteiger partial charge in [-0.25, -0.2) is 0 Å². The third kappa shape index (κ3) is 4.22. The molecular formula is C17H29N3. The molecule has 0 bridgehead atoms. The monoisotopic (exact) mass is 275 g/mol. The molecule has 112 valence electrons. The van der Waals surface area contributed by atoms with Gasteiger partial charge in [0.05, 0.1) is 0 Å². The Hall–Kier alpha value is -1.06. The summed E-state index contributed by atoms with van der Waals surface area (Å²) in [6.07, 6.45) is 2.51. The summed E-state index contributed by atoms with van der Waals surface area (Å²) in [6.45, 7) is 9.53. The first-order valence-electron chi connectivity index (χ1n) is 7.84. The molecule has 1 aromatic rings. The van der Waals surface area contributed by atoms with E-state index in [4.69, 9.17) is 5.73 Å². The first-order valence-corrected chi connectivity index (χ1v) is 7.84. The highest BCUT2D eigenvalue weighted by molar-refractivity contribution is 5.40. The first-order chi connectivity index (χ1) is 9.56. The molecule has 2 atom stereocenters. The van der Waals surface area contributed by atoms with Gasteiger partial charge in [-0.1, -0.05) is 19.1 Å². The van der Waals surface area contributed by atoms with E-state index < -0.39 is 0 Å². The van der Waals surface area contributed by atoms with Crippen LogP contribution >= 0.6 is 0 Å². The van der Waals surface area contributed by atoms with Crippen molar-refractivity contribution in [3.05, 3.63) is 29.8 Å². The van der Waals surface area contributed by atoms with Crippen molar-refractivity contribution in [3.63, 3.8) is 0 Å². The number of anilines is 1. The van der Waals surface area contributed by atoms with Crippen molar-refractivity contribution in [3.8, 4) is 0 Å². The molecule has 1 aromatic carbocycles. The molecule has 20 heavy (non-hydrogen) atoms. The lowest BCUT2D eigenvalue weighted by Gasteiger charge is -2.29. The lowest BCUT2D eigenvalue weighted by atomic mass is 9.97. The van der Waals surface area contributed by atoms with E-state index in [2.05, 4.69) is 42.8 Å². The van der Waals surface area contributed by atoms with Gasteiger partial charge < -0.3 is 10.6 Å². The molecule has 0 saturated carbocycles. The van der Waals surface area contributed by atoms with Gasteiger partial charge in [-0.2, -0.15) is 0 Å². The molecule has 2 rings (SSSR count). The molecule has 0 amide bonds. The van der Waals surface area contributed by atoms with Crippen molar-refractivity contribution in [1.29, 1.82) is 0 Å². The van der Waals surface area contributed by atoms with Crippen LogP contribution in [0.5, 0.6) is 0 Å². The van der Waals surface area contributed by atoms with E-state index >= 15 is 0 Å². The third-order valence-electron chi connectivity index (χ3n) is 4.54. The molecule has 2 N–H and O–H groups in total. The molecule has 1 aliphatic rings. The summed E-state index contributed by atoms with van der Waals surface area (Å²) in [4.78, 5) is 5.10. The molecule has 1 aliphatic heterocycles. The van der Waals surface area contributed by atoms with Crippen molar-refractivity contribution in [2.45, 2.75) is 38.6 Å². The molecule has 1 heterocycles. The topological polar surface area (TPSA) is 32.5 Å².